The number of fused-ring (bicyclic) bond motifs is 1. The Kier molecular flexibility index (Phi) is 5.45. The maximum atomic E-state index is 6.07. The highest BCUT2D eigenvalue weighted by atomic mass is 16.5. The lowest BCUT2D eigenvalue weighted by Gasteiger charge is -2.34. The molecule has 0 amide bonds. The topological polar surface area (TPSA) is 57.9 Å². The highest BCUT2D eigenvalue weighted by Crippen LogP contribution is 2.27. The van der Waals surface area contributed by atoms with Crippen molar-refractivity contribution in [1.82, 2.24) is 24.9 Å². The van der Waals surface area contributed by atoms with Gasteiger partial charge in [0.15, 0.2) is 5.96 Å². The fourth-order valence-electron chi connectivity index (χ4n) is 4.49. The van der Waals surface area contributed by atoms with Crippen LogP contribution in [0, 0.1) is 0 Å². The molecule has 144 valence electrons. The molecule has 7 heteroatoms. The molecule has 0 aliphatic carbocycles. The summed E-state index contributed by atoms with van der Waals surface area (Å²) < 4.78 is 7.96. The summed E-state index contributed by atoms with van der Waals surface area (Å²) in [7, 11) is 1.98. The number of hydrogen-bond donors (Lipinski definition) is 1. The Hall–Kier alpha value is -1.60. The van der Waals surface area contributed by atoms with Crippen LogP contribution in [0.4, 0.5) is 0 Å². The van der Waals surface area contributed by atoms with E-state index < -0.39 is 0 Å². The van der Waals surface area contributed by atoms with E-state index in [2.05, 4.69) is 33.3 Å². The Balaban J connectivity index is 1.35. The van der Waals surface area contributed by atoms with Crippen molar-refractivity contribution in [1.29, 1.82) is 0 Å². The molecule has 3 aliphatic heterocycles. The van der Waals surface area contributed by atoms with E-state index in [1.165, 1.54) is 24.9 Å². The lowest BCUT2D eigenvalue weighted by Crippen LogP contribution is -2.47. The first-order valence-electron chi connectivity index (χ1n) is 10.1. The number of likely N-dealkylation sites (tertiary alicyclic amines) is 1. The monoisotopic (exact) mass is 360 g/mol. The molecular formula is C19H32N6O. The third-order valence-corrected chi connectivity index (χ3v) is 5.93. The number of nitrogens with zero attached hydrogens (tertiary/aromatic N) is 5. The number of aromatic nitrogens is 2. The third kappa shape index (κ3) is 3.88. The SMILES string of the molecule is CCNC(=NCC1CN2CCCC2CO1)N1CCC(c2cnn(C)c2)C1. The van der Waals surface area contributed by atoms with Crippen molar-refractivity contribution < 1.29 is 4.74 Å². The van der Waals surface area contributed by atoms with Gasteiger partial charge in [-0.2, -0.15) is 5.10 Å². The zero-order valence-electron chi connectivity index (χ0n) is 16.1. The van der Waals surface area contributed by atoms with Gasteiger partial charge in [0.05, 0.1) is 25.5 Å². The van der Waals surface area contributed by atoms with Gasteiger partial charge in [0.25, 0.3) is 0 Å². The van der Waals surface area contributed by atoms with Crippen LogP contribution in [0.15, 0.2) is 17.4 Å². The molecular weight excluding hydrogens is 328 g/mol. The molecule has 1 aromatic rings. The molecule has 0 bridgehead atoms. The lowest BCUT2D eigenvalue weighted by molar-refractivity contribution is -0.0432. The van der Waals surface area contributed by atoms with Gasteiger partial charge < -0.3 is 15.0 Å². The van der Waals surface area contributed by atoms with Crippen LogP contribution in [0.2, 0.25) is 0 Å². The second-order valence-corrected chi connectivity index (χ2v) is 7.82. The normalized spacial score (nSPS) is 30.0. The molecule has 0 aromatic carbocycles. The van der Waals surface area contributed by atoms with E-state index in [0.717, 1.165) is 51.7 Å². The van der Waals surface area contributed by atoms with E-state index in [1.807, 2.05) is 17.9 Å². The summed E-state index contributed by atoms with van der Waals surface area (Å²) in [4.78, 5) is 9.91. The minimum absolute atomic E-state index is 0.231. The van der Waals surface area contributed by atoms with E-state index in [9.17, 15) is 0 Å². The summed E-state index contributed by atoms with van der Waals surface area (Å²) >= 11 is 0. The van der Waals surface area contributed by atoms with E-state index in [0.29, 0.717) is 12.0 Å². The van der Waals surface area contributed by atoms with Gasteiger partial charge in [0.1, 0.15) is 0 Å². The molecule has 0 radical (unpaired) electrons. The molecule has 3 aliphatic rings. The predicted octanol–water partition coefficient (Wildman–Crippen LogP) is 1.04. The van der Waals surface area contributed by atoms with Crippen molar-refractivity contribution in [2.45, 2.75) is 44.2 Å². The van der Waals surface area contributed by atoms with Crippen LogP contribution in [0.1, 0.15) is 37.7 Å². The Morgan fingerprint density at radius 1 is 1.35 bits per heavy atom. The number of nitrogens with one attached hydrogen (secondary N) is 1. The van der Waals surface area contributed by atoms with Crippen LogP contribution in [0.25, 0.3) is 0 Å². The first kappa shape index (κ1) is 17.8. The standard InChI is InChI=1S/C19H32N6O/c1-3-20-19(21-10-18-13-24-7-4-5-17(24)14-26-18)25-8-6-15(12-25)16-9-22-23(2)11-16/h9,11,15,17-18H,3-8,10,12-14H2,1-2H3,(H,20,21). The smallest absolute Gasteiger partial charge is 0.194 e. The van der Waals surface area contributed by atoms with Gasteiger partial charge in [-0.05, 0) is 38.3 Å². The van der Waals surface area contributed by atoms with Crippen molar-refractivity contribution >= 4 is 5.96 Å². The fourth-order valence-corrected chi connectivity index (χ4v) is 4.49. The average Bonchev–Trinajstić information content (AvgIpc) is 3.38. The first-order valence-corrected chi connectivity index (χ1v) is 10.1. The first-order chi connectivity index (χ1) is 12.7. The van der Waals surface area contributed by atoms with Crippen molar-refractivity contribution in [2.75, 3.05) is 45.9 Å². The van der Waals surface area contributed by atoms with Crippen LogP contribution in [-0.2, 0) is 11.8 Å². The van der Waals surface area contributed by atoms with Crippen LogP contribution >= 0.6 is 0 Å². The molecule has 3 fully saturated rings. The summed E-state index contributed by atoms with van der Waals surface area (Å²) in [5.74, 6) is 1.58. The number of aliphatic imine (C=N–C) groups is 1. The molecule has 3 unspecified atom stereocenters. The second kappa shape index (κ2) is 7.96. The summed E-state index contributed by atoms with van der Waals surface area (Å²) in [6.45, 7) is 8.98. The van der Waals surface area contributed by atoms with Crippen LogP contribution in [0.3, 0.4) is 0 Å². The molecule has 0 spiro atoms. The lowest BCUT2D eigenvalue weighted by atomic mass is 10.0. The summed E-state index contributed by atoms with van der Waals surface area (Å²) in [5.41, 5.74) is 1.33. The van der Waals surface area contributed by atoms with Crippen molar-refractivity contribution in [3.63, 3.8) is 0 Å². The number of morpholine rings is 1. The van der Waals surface area contributed by atoms with Crippen LogP contribution in [0.5, 0.6) is 0 Å². The highest BCUT2D eigenvalue weighted by molar-refractivity contribution is 5.80. The summed E-state index contributed by atoms with van der Waals surface area (Å²) in [5, 5.41) is 7.80. The number of ether oxygens (including phenoxy) is 1. The molecule has 0 saturated carbocycles. The Morgan fingerprint density at radius 3 is 3.08 bits per heavy atom. The van der Waals surface area contributed by atoms with E-state index >= 15 is 0 Å². The number of rotatable bonds is 4. The van der Waals surface area contributed by atoms with E-state index in [4.69, 9.17) is 9.73 Å². The fraction of sp³-hybridized carbons (Fsp3) is 0.789. The zero-order chi connectivity index (χ0) is 17.9. The van der Waals surface area contributed by atoms with Crippen molar-refractivity contribution in [2.24, 2.45) is 12.0 Å². The molecule has 7 nitrogen and oxygen atoms in total. The molecule has 4 rings (SSSR count). The van der Waals surface area contributed by atoms with E-state index in [1.54, 1.807) is 0 Å². The Labute approximate surface area is 156 Å². The van der Waals surface area contributed by atoms with E-state index in [-0.39, 0.29) is 6.10 Å². The van der Waals surface area contributed by atoms with Gasteiger partial charge in [-0.25, -0.2) is 0 Å². The molecule has 1 aromatic heterocycles. The largest absolute Gasteiger partial charge is 0.373 e. The van der Waals surface area contributed by atoms with Gasteiger partial charge in [-0.1, -0.05) is 0 Å². The van der Waals surface area contributed by atoms with Crippen molar-refractivity contribution in [3.05, 3.63) is 18.0 Å². The van der Waals surface area contributed by atoms with Gasteiger partial charge in [-0.3, -0.25) is 14.6 Å². The highest BCUT2D eigenvalue weighted by Gasteiger charge is 2.32. The summed E-state index contributed by atoms with van der Waals surface area (Å²) in [6, 6.07) is 0.655. The van der Waals surface area contributed by atoms with Gasteiger partial charge in [-0.15, -0.1) is 0 Å². The van der Waals surface area contributed by atoms with Gasteiger partial charge >= 0.3 is 0 Å². The number of aryl methyl sites for hydroxylation is 1. The Morgan fingerprint density at radius 2 is 2.27 bits per heavy atom. The molecule has 26 heavy (non-hydrogen) atoms. The average molecular weight is 361 g/mol. The summed E-state index contributed by atoms with van der Waals surface area (Å²) in [6.07, 6.45) is 8.14. The second-order valence-electron chi connectivity index (χ2n) is 7.82. The molecule has 4 heterocycles. The minimum atomic E-state index is 0.231. The molecule has 3 saturated heterocycles. The zero-order valence-corrected chi connectivity index (χ0v) is 16.1. The molecule has 1 N–H and O–H groups in total. The maximum Gasteiger partial charge on any atom is 0.194 e. The number of hydrogen-bond acceptors (Lipinski definition) is 4. The third-order valence-electron chi connectivity index (χ3n) is 5.93. The van der Waals surface area contributed by atoms with Crippen LogP contribution in [-0.4, -0.2) is 83.6 Å². The number of guanidine groups is 1. The maximum absolute atomic E-state index is 6.07. The predicted molar refractivity (Wildman–Crippen MR) is 102 cm³/mol. The Bertz CT molecular complexity index is 629. The van der Waals surface area contributed by atoms with Crippen molar-refractivity contribution in [3.8, 4) is 0 Å². The van der Waals surface area contributed by atoms with Crippen LogP contribution < -0.4 is 5.32 Å². The minimum Gasteiger partial charge on any atom is -0.373 e. The quantitative estimate of drug-likeness (QED) is 0.642. The molecule has 3 atom stereocenters. The van der Waals surface area contributed by atoms with Gasteiger partial charge in [0.2, 0.25) is 0 Å². The van der Waals surface area contributed by atoms with Gasteiger partial charge in [0, 0.05) is 51.4 Å².